The first-order valence-electron chi connectivity index (χ1n) is 8.40. The Bertz CT molecular complexity index is 337. The van der Waals surface area contributed by atoms with Crippen LogP contribution >= 0.6 is 0 Å². The molecule has 0 saturated heterocycles. The van der Waals surface area contributed by atoms with Crippen molar-refractivity contribution < 1.29 is 8.91 Å². The van der Waals surface area contributed by atoms with Gasteiger partial charge in [-0.25, -0.2) is 0 Å². The first kappa shape index (κ1) is 17.2. The van der Waals surface area contributed by atoms with Gasteiger partial charge in [0.25, 0.3) is 0 Å². The molecule has 1 heterocycles. The Balaban J connectivity index is 2.31. The van der Waals surface area contributed by atoms with Crippen molar-refractivity contribution in [2.75, 3.05) is 0 Å². The number of hydrogen-bond donors (Lipinski definition) is 0. The molecule has 2 nitrogen and oxygen atoms in total. The summed E-state index contributed by atoms with van der Waals surface area (Å²) < 4.78 is 17.6. The number of hydrogen-bond acceptors (Lipinski definition) is 2. The Labute approximate surface area is 123 Å². The lowest BCUT2D eigenvalue weighted by atomic mass is 9.92. The summed E-state index contributed by atoms with van der Waals surface area (Å²) >= 11 is 0. The molecule has 116 valence electrons. The van der Waals surface area contributed by atoms with Gasteiger partial charge in [-0.15, -0.1) is 0 Å². The van der Waals surface area contributed by atoms with E-state index in [0.29, 0.717) is 5.92 Å². The molecule has 0 aliphatic heterocycles. The third-order valence-corrected chi connectivity index (χ3v) is 3.98. The van der Waals surface area contributed by atoms with Crippen molar-refractivity contribution in [3.05, 3.63) is 17.8 Å². The summed E-state index contributed by atoms with van der Waals surface area (Å²) in [6.45, 7) is 4.45. The summed E-state index contributed by atoms with van der Waals surface area (Å²) in [5, 5.41) is 3.87. The van der Waals surface area contributed by atoms with Gasteiger partial charge in [-0.1, -0.05) is 76.8 Å². The molecule has 3 heteroatoms. The highest BCUT2D eigenvalue weighted by atomic mass is 19.1. The molecule has 0 amide bonds. The van der Waals surface area contributed by atoms with E-state index in [4.69, 9.17) is 0 Å². The molecule has 20 heavy (non-hydrogen) atoms. The van der Waals surface area contributed by atoms with Crippen molar-refractivity contribution in [2.24, 2.45) is 0 Å². The van der Waals surface area contributed by atoms with Crippen LogP contribution in [0.1, 0.15) is 96.1 Å². The first-order chi connectivity index (χ1) is 9.77. The SMILES string of the molecule is CCCCCCCCC(CCCCC)c1cc(F)on1. The molecule has 1 aromatic heterocycles. The predicted molar refractivity (Wildman–Crippen MR) is 81.3 cm³/mol. The van der Waals surface area contributed by atoms with Crippen molar-refractivity contribution in [2.45, 2.75) is 90.4 Å². The van der Waals surface area contributed by atoms with Gasteiger partial charge in [-0.2, -0.15) is 4.39 Å². The molecular weight excluding hydrogens is 253 g/mol. The fourth-order valence-electron chi connectivity index (χ4n) is 2.71. The number of rotatable bonds is 12. The number of aromatic nitrogens is 1. The van der Waals surface area contributed by atoms with Crippen LogP contribution in [0.4, 0.5) is 4.39 Å². The van der Waals surface area contributed by atoms with Gasteiger partial charge in [0, 0.05) is 12.0 Å². The number of nitrogens with zero attached hydrogens (tertiary/aromatic N) is 1. The van der Waals surface area contributed by atoms with Crippen LogP contribution in [-0.4, -0.2) is 5.16 Å². The normalized spacial score (nSPS) is 12.8. The van der Waals surface area contributed by atoms with Crippen molar-refractivity contribution in [3.8, 4) is 0 Å². The zero-order chi connectivity index (χ0) is 14.6. The maximum absolute atomic E-state index is 13.0. The Morgan fingerprint density at radius 3 is 2.10 bits per heavy atom. The van der Waals surface area contributed by atoms with Gasteiger partial charge < -0.3 is 4.52 Å². The van der Waals surface area contributed by atoms with Gasteiger partial charge in [0.05, 0.1) is 5.69 Å². The lowest BCUT2D eigenvalue weighted by Gasteiger charge is -2.13. The second kappa shape index (κ2) is 10.9. The van der Waals surface area contributed by atoms with Crippen LogP contribution in [0.3, 0.4) is 0 Å². The molecule has 1 unspecified atom stereocenters. The highest BCUT2D eigenvalue weighted by Crippen LogP contribution is 2.28. The lowest BCUT2D eigenvalue weighted by molar-refractivity contribution is 0.276. The zero-order valence-electron chi connectivity index (χ0n) is 13.2. The monoisotopic (exact) mass is 283 g/mol. The van der Waals surface area contributed by atoms with Crippen LogP contribution in [0.5, 0.6) is 0 Å². The summed E-state index contributed by atoms with van der Waals surface area (Å²) in [6.07, 6.45) is 13.7. The molecule has 0 radical (unpaired) electrons. The molecule has 0 aromatic carbocycles. The summed E-state index contributed by atoms with van der Waals surface area (Å²) in [7, 11) is 0. The van der Waals surface area contributed by atoms with E-state index < -0.39 is 6.01 Å². The third-order valence-electron chi connectivity index (χ3n) is 3.98. The second-order valence-electron chi connectivity index (χ2n) is 5.81. The minimum Gasteiger partial charge on any atom is -0.326 e. The van der Waals surface area contributed by atoms with E-state index in [0.717, 1.165) is 18.5 Å². The summed E-state index contributed by atoms with van der Waals surface area (Å²) in [6, 6.07) is 0.914. The van der Waals surface area contributed by atoms with E-state index in [9.17, 15) is 4.39 Å². The molecule has 0 spiro atoms. The van der Waals surface area contributed by atoms with Crippen LogP contribution in [0.25, 0.3) is 0 Å². The topological polar surface area (TPSA) is 26.0 Å². The maximum Gasteiger partial charge on any atom is 0.306 e. The summed E-state index contributed by atoms with van der Waals surface area (Å²) in [5.74, 6) is 0.376. The lowest BCUT2D eigenvalue weighted by Crippen LogP contribution is -2.00. The van der Waals surface area contributed by atoms with Crippen molar-refractivity contribution in [3.63, 3.8) is 0 Å². The Morgan fingerprint density at radius 2 is 1.50 bits per heavy atom. The van der Waals surface area contributed by atoms with Gasteiger partial charge >= 0.3 is 6.01 Å². The quantitative estimate of drug-likeness (QED) is 0.425. The van der Waals surface area contributed by atoms with Crippen molar-refractivity contribution >= 4 is 0 Å². The fraction of sp³-hybridized carbons (Fsp3) is 0.824. The largest absolute Gasteiger partial charge is 0.326 e. The highest BCUT2D eigenvalue weighted by molar-refractivity contribution is 5.04. The maximum atomic E-state index is 13.0. The van der Waals surface area contributed by atoms with Gasteiger partial charge in [0.15, 0.2) is 0 Å². The number of halogens is 1. The van der Waals surface area contributed by atoms with Crippen LogP contribution in [-0.2, 0) is 0 Å². The van der Waals surface area contributed by atoms with E-state index in [1.165, 1.54) is 63.9 Å². The Morgan fingerprint density at radius 1 is 0.950 bits per heavy atom. The molecule has 0 bridgehead atoms. The molecule has 0 aliphatic rings. The van der Waals surface area contributed by atoms with E-state index >= 15 is 0 Å². The fourth-order valence-corrected chi connectivity index (χ4v) is 2.71. The van der Waals surface area contributed by atoms with Crippen molar-refractivity contribution in [1.29, 1.82) is 0 Å². The Kier molecular flexibility index (Phi) is 9.35. The van der Waals surface area contributed by atoms with Gasteiger partial charge in [-0.05, 0) is 12.8 Å². The number of unbranched alkanes of at least 4 members (excludes halogenated alkanes) is 7. The molecule has 1 aromatic rings. The first-order valence-corrected chi connectivity index (χ1v) is 8.40. The third kappa shape index (κ3) is 7.06. The average molecular weight is 283 g/mol. The van der Waals surface area contributed by atoms with E-state index in [1.54, 1.807) is 0 Å². The van der Waals surface area contributed by atoms with Crippen molar-refractivity contribution in [1.82, 2.24) is 5.16 Å². The molecule has 1 rings (SSSR count). The van der Waals surface area contributed by atoms with Gasteiger partial charge in [-0.3, -0.25) is 0 Å². The van der Waals surface area contributed by atoms with Crippen LogP contribution in [0.15, 0.2) is 10.6 Å². The molecule has 0 N–H and O–H groups in total. The van der Waals surface area contributed by atoms with Crippen LogP contribution < -0.4 is 0 Å². The van der Waals surface area contributed by atoms with Gasteiger partial charge in [0.1, 0.15) is 0 Å². The van der Waals surface area contributed by atoms with E-state index in [2.05, 4.69) is 23.5 Å². The zero-order valence-corrected chi connectivity index (χ0v) is 13.2. The van der Waals surface area contributed by atoms with Crippen LogP contribution in [0.2, 0.25) is 0 Å². The average Bonchev–Trinajstić information content (AvgIpc) is 2.87. The summed E-state index contributed by atoms with van der Waals surface area (Å²) in [5.41, 5.74) is 0.812. The molecule has 0 aliphatic carbocycles. The predicted octanol–water partition coefficient (Wildman–Crippen LogP) is 6.23. The molecule has 0 fully saturated rings. The molecule has 0 saturated carbocycles. The highest BCUT2D eigenvalue weighted by Gasteiger charge is 2.16. The van der Waals surface area contributed by atoms with Crippen LogP contribution in [0, 0.1) is 6.01 Å². The Hall–Kier alpha value is -0.860. The molecular formula is C17H30FNO. The molecule has 1 atom stereocenters. The standard InChI is InChI=1S/C17H30FNO/c1-3-5-7-8-9-11-13-15(12-10-6-4-2)16-14-17(18)20-19-16/h14-15H,3-13H2,1-2H3. The minimum atomic E-state index is -0.552. The smallest absolute Gasteiger partial charge is 0.306 e. The van der Waals surface area contributed by atoms with E-state index in [-0.39, 0.29) is 0 Å². The minimum absolute atomic E-state index is 0.376. The van der Waals surface area contributed by atoms with E-state index in [1.807, 2.05) is 0 Å². The summed E-state index contributed by atoms with van der Waals surface area (Å²) in [4.78, 5) is 0. The second-order valence-corrected chi connectivity index (χ2v) is 5.81. The van der Waals surface area contributed by atoms with Gasteiger partial charge in [0.2, 0.25) is 0 Å².